The third-order valence-electron chi connectivity index (χ3n) is 4.01. The molecule has 0 radical (unpaired) electrons. The van der Waals surface area contributed by atoms with Gasteiger partial charge in [-0.05, 0) is 57.8 Å². The molecule has 0 heterocycles. The highest BCUT2D eigenvalue weighted by Gasteiger charge is 1.80. The topological polar surface area (TPSA) is 0 Å². The summed E-state index contributed by atoms with van der Waals surface area (Å²) < 4.78 is 0. The van der Waals surface area contributed by atoms with Crippen molar-refractivity contribution >= 4 is 0 Å². The molecule has 0 amide bonds. The first-order chi connectivity index (χ1) is 13.4. The molecule has 0 nitrogen and oxygen atoms in total. The van der Waals surface area contributed by atoms with Gasteiger partial charge in [-0.25, -0.2) is 0 Å². The van der Waals surface area contributed by atoms with Crippen LogP contribution in [0.25, 0.3) is 0 Å². The van der Waals surface area contributed by atoms with Crippen molar-refractivity contribution in [2.75, 3.05) is 0 Å². The summed E-state index contributed by atoms with van der Waals surface area (Å²) in [5, 5.41) is 0. The molecular formula is C27H42. The molecule has 0 N–H and O–H groups in total. The highest BCUT2D eigenvalue weighted by Crippen LogP contribution is 2.01. The molecule has 0 aliphatic carbocycles. The van der Waals surface area contributed by atoms with Crippen molar-refractivity contribution in [1.29, 1.82) is 0 Å². The van der Waals surface area contributed by atoms with Crippen molar-refractivity contribution in [3.8, 4) is 0 Å². The van der Waals surface area contributed by atoms with Gasteiger partial charge in [0, 0.05) is 0 Å². The number of unbranched alkanes of at least 4 members (excludes halogenated alkanes) is 3. The summed E-state index contributed by atoms with van der Waals surface area (Å²) in [6.45, 7) is 4.42. The molecule has 0 atom stereocenters. The molecular weight excluding hydrogens is 324 g/mol. The summed E-state index contributed by atoms with van der Waals surface area (Å²) >= 11 is 0. The van der Waals surface area contributed by atoms with Crippen LogP contribution in [0.3, 0.4) is 0 Å². The molecule has 0 aromatic heterocycles. The van der Waals surface area contributed by atoms with Crippen LogP contribution < -0.4 is 0 Å². The number of hydrogen-bond donors (Lipinski definition) is 0. The number of allylic oxidation sites excluding steroid dienone is 14. The van der Waals surface area contributed by atoms with Gasteiger partial charge in [0.2, 0.25) is 0 Å². The fourth-order valence-corrected chi connectivity index (χ4v) is 2.42. The van der Waals surface area contributed by atoms with Crippen molar-refractivity contribution < 1.29 is 0 Å². The maximum absolute atomic E-state index is 2.32. The SMILES string of the molecule is CC/C=C/C/C=C/C/C=C/C/C=C/C/C=C/C/C=C/C/C=C/CCCCC. The first-order valence-corrected chi connectivity index (χ1v) is 11.0. The average molecular weight is 367 g/mol. The summed E-state index contributed by atoms with van der Waals surface area (Å²) in [5.74, 6) is 0. The Kier molecular flexibility index (Phi) is 22.6. The summed E-state index contributed by atoms with van der Waals surface area (Å²) in [6, 6.07) is 0. The smallest absolute Gasteiger partial charge is 0.0169 e. The van der Waals surface area contributed by atoms with Crippen molar-refractivity contribution in [2.45, 2.75) is 84.5 Å². The van der Waals surface area contributed by atoms with Crippen LogP contribution in [0.15, 0.2) is 85.1 Å². The summed E-state index contributed by atoms with van der Waals surface area (Å²) in [7, 11) is 0. The Morgan fingerprint density at radius 2 is 0.704 bits per heavy atom. The second kappa shape index (κ2) is 24.2. The second-order valence-corrected chi connectivity index (χ2v) is 6.62. The molecule has 0 bridgehead atoms. The van der Waals surface area contributed by atoms with Gasteiger partial charge in [-0.1, -0.05) is 112 Å². The Hall–Kier alpha value is -1.82. The fourth-order valence-electron chi connectivity index (χ4n) is 2.42. The summed E-state index contributed by atoms with van der Waals surface area (Å²) in [6.07, 6.45) is 44.1. The van der Waals surface area contributed by atoms with E-state index in [4.69, 9.17) is 0 Å². The van der Waals surface area contributed by atoms with Gasteiger partial charge in [0.1, 0.15) is 0 Å². The molecule has 0 aromatic rings. The second-order valence-electron chi connectivity index (χ2n) is 6.62. The predicted octanol–water partition coefficient (Wildman–Crippen LogP) is 9.21. The first kappa shape index (κ1) is 25.2. The molecule has 0 rings (SSSR count). The lowest BCUT2D eigenvalue weighted by Gasteiger charge is -1.90. The molecule has 0 aromatic carbocycles. The normalized spacial score (nSPS) is 13.4. The van der Waals surface area contributed by atoms with Crippen LogP contribution in [-0.2, 0) is 0 Å². The van der Waals surface area contributed by atoms with E-state index in [0.717, 1.165) is 44.9 Å². The van der Waals surface area contributed by atoms with Crippen LogP contribution in [0.1, 0.15) is 84.5 Å². The van der Waals surface area contributed by atoms with Crippen LogP contribution in [0.2, 0.25) is 0 Å². The van der Waals surface area contributed by atoms with Gasteiger partial charge in [0.05, 0.1) is 0 Å². The third-order valence-corrected chi connectivity index (χ3v) is 4.01. The fraction of sp³-hybridized carbons (Fsp3) is 0.481. The van der Waals surface area contributed by atoms with E-state index in [0.29, 0.717) is 0 Å². The van der Waals surface area contributed by atoms with Gasteiger partial charge < -0.3 is 0 Å². The van der Waals surface area contributed by atoms with E-state index in [2.05, 4.69) is 98.9 Å². The van der Waals surface area contributed by atoms with E-state index >= 15 is 0 Å². The Morgan fingerprint density at radius 3 is 1.04 bits per heavy atom. The molecule has 0 spiro atoms. The Balaban J connectivity index is 3.50. The lowest BCUT2D eigenvalue weighted by molar-refractivity contribution is 0.728. The average Bonchev–Trinajstić information content (AvgIpc) is 2.68. The molecule has 0 aliphatic heterocycles. The number of hydrogen-bond acceptors (Lipinski definition) is 0. The maximum atomic E-state index is 2.32. The maximum Gasteiger partial charge on any atom is -0.0169 e. The van der Waals surface area contributed by atoms with Crippen LogP contribution in [0.5, 0.6) is 0 Å². The Bertz CT molecular complexity index is 480. The van der Waals surface area contributed by atoms with Gasteiger partial charge in [0.15, 0.2) is 0 Å². The summed E-state index contributed by atoms with van der Waals surface area (Å²) in [5.41, 5.74) is 0. The van der Waals surface area contributed by atoms with Crippen LogP contribution in [0, 0.1) is 0 Å². The monoisotopic (exact) mass is 366 g/mol. The minimum Gasteiger partial charge on any atom is -0.0885 e. The van der Waals surface area contributed by atoms with Crippen molar-refractivity contribution in [3.05, 3.63) is 85.1 Å². The molecule has 0 fully saturated rings. The van der Waals surface area contributed by atoms with Crippen molar-refractivity contribution in [2.24, 2.45) is 0 Å². The van der Waals surface area contributed by atoms with E-state index in [-0.39, 0.29) is 0 Å². The van der Waals surface area contributed by atoms with Gasteiger partial charge in [-0.3, -0.25) is 0 Å². The van der Waals surface area contributed by atoms with Gasteiger partial charge in [-0.15, -0.1) is 0 Å². The predicted molar refractivity (Wildman–Crippen MR) is 126 cm³/mol. The van der Waals surface area contributed by atoms with Crippen LogP contribution in [0.4, 0.5) is 0 Å². The van der Waals surface area contributed by atoms with Crippen molar-refractivity contribution in [3.63, 3.8) is 0 Å². The molecule has 150 valence electrons. The Labute approximate surface area is 169 Å². The van der Waals surface area contributed by atoms with E-state index in [1.807, 2.05) is 0 Å². The standard InChI is InChI=1S/C27H42/c1-3-5-7-9-11-13-15-17-19-21-23-25-27-26-24-22-20-18-16-14-12-10-8-6-4-2/h5,7,11-14,17-20,23-26H,3-4,6,8-10,15-16,21-22,27H2,1-2H3/b7-5+,13-11+,14-12+,19-17+,20-18+,25-23+,26-24+. The quantitative estimate of drug-likeness (QED) is 0.178. The zero-order valence-corrected chi connectivity index (χ0v) is 17.9. The summed E-state index contributed by atoms with van der Waals surface area (Å²) in [4.78, 5) is 0. The van der Waals surface area contributed by atoms with E-state index < -0.39 is 0 Å². The van der Waals surface area contributed by atoms with Gasteiger partial charge in [-0.2, -0.15) is 0 Å². The molecule has 0 unspecified atom stereocenters. The zero-order chi connectivity index (χ0) is 19.7. The largest absolute Gasteiger partial charge is 0.0885 e. The van der Waals surface area contributed by atoms with Gasteiger partial charge in [0.25, 0.3) is 0 Å². The molecule has 0 saturated carbocycles. The van der Waals surface area contributed by atoms with Gasteiger partial charge >= 0.3 is 0 Å². The lowest BCUT2D eigenvalue weighted by atomic mass is 10.2. The minimum absolute atomic E-state index is 1.03. The molecule has 0 saturated heterocycles. The van der Waals surface area contributed by atoms with E-state index in [1.165, 1.54) is 25.7 Å². The third kappa shape index (κ3) is 24.2. The minimum atomic E-state index is 1.03. The molecule has 27 heavy (non-hydrogen) atoms. The first-order valence-electron chi connectivity index (χ1n) is 11.0. The number of rotatable bonds is 17. The van der Waals surface area contributed by atoms with Crippen molar-refractivity contribution in [1.82, 2.24) is 0 Å². The van der Waals surface area contributed by atoms with Crippen LogP contribution in [-0.4, -0.2) is 0 Å². The van der Waals surface area contributed by atoms with E-state index in [1.54, 1.807) is 0 Å². The molecule has 0 aliphatic rings. The highest BCUT2D eigenvalue weighted by atomic mass is 13.9. The lowest BCUT2D eigenvalue weighted by Crippen LogP contribution is -1.70. The van der Waals surface area contributed by atoms with Crippen LogP contribution >= 0.6 is 0 Å². The zero-order valence-electron chi connectivity index (χ0n) is 17.9. The highest BCUT2D eigenvalue weighted by molar-refractivity contribution is 5.02. The Morgan fingerprint density at radius 1 is 0.370 bits per heavy atom. The van der Waals surface area contributed by atoms with E-state index in [9.17, 15) is 0 Å². The molecule has 0 heteroatoms.